The third kappa shape index (κ3) is 5.55. The van der Waals surface area contributed by atoms with Crippen LogP contribution in [0, 0.1) is 17.0 Å². The van der Waals surface area contributed by atoms with E-state index in [-0.39, 0.29) is 22.9 Å². The van der Waals surface area contributed by atoms with Crippen LogP contribution >= 0.6 is 11.3 Å². The zero-order valence-corrected chi connectivity index (χ0v) is 18.0. The maximum absolute atomic E-state index is 12.5. The lowest BCUT2D eigenvalue weighted by molar-refractivity contribution is -0.385. The summed E-state index contributed by atoms with van der Waals surface area (Å²) in [7, 11) is 0. The number of carbonyl (C=O) groups excluding carboxylic acids is 2. The molecule has 1 N–H and O–H groups in total. The number of ether oxygens (including phenoxy) is 2. The van der Waals surface area contributed by atoms with Crippen molar-refractivity contribution in [3.05, 3.63) is 85.6 Å². The van der Waals surface area contributed by atoms with Crippen LogP contribution in [0.15, 0.2) is 59.0 Å². The molecule has 164 valence electrons. The summed E-state index contributed by atoms with van der Waals surface area (Å²) in [5, 5.41) is 16.7. The Hall–Kier alpha value is -4.05. The Morgan fingerprint density at radius 1 is 1.19 bits per heavy atom. The number of nitro groups is 1. The molecule has 3 aromatic rings. The second-order valence-electron chi connectivity index (χ2n) is 6.46. The SMILES string of the molecule is CCOc1cc(/C=N\NC(=O)c2cccs2)ccc1OC(=O)c1ccc([N+](=O)[O-])c(C)c1. The van der Waals surface area contributed by atoms with Crippen molar-refractivity contribution in [2.24, 2.45) is 5.10 Å². The van der Waals surface area contributed by atoms with Gasteiger partial charge < -0.3 is 9.47 Å². The number of hydrogen-bond donors (Lipinski definition) is 1. The molecule has 0 fully saturated rings. The van der Waals surface area contributed by atoms with Crippen molar-refractivity contribution in [2.45, 2.75) is 13.8 Å². The van der Waals surface area contributed by atoms with Gasteiger partial charge in [0.15, 0.2) is 11.5 Å². The zero-order chi connectivity index (χ0) is 23.1. The fourth-order valence-corrected chi connectivity index (χ4v) is 3.35. The molecule has 9 nitrogen and oxygen atoms in total. The monoisotopic (exact) mass is 453 g/mol. The van der Waals surface area contributed by atoms with Gasteiger partial charge in [-0.15, -0.1) is 11.3 Å². The molecule has 0 aliphatic carbocycles. The number of benzene rings is 2. The molecule has 0 aliphatic rings. The van der Waals surface area contributed by atoms with Gasteiger partial charge in [-0.3, -0.25) is 14.9 Å². The molecule has 10 heteroatoms. The van der Waals surface area contributed by atoms with Crippen molar-refractivity contribution in [1.82, 2.24) is 5.43 Å². The number of nitrogens with zero attached hydrogens (tertiary/aromatic N) is 2. The van der Waals surface area contributed by atoms with Crippen molar-refractivity contribution in [3.63, 3.8) is 0 Å². The summed E-state index contributed by atoms with van der Waals surface area (Å²) in [6, 6.07) is 12.3. The summed E-state index contributed by atoms with van der Waals surface area (Å²) in [4.78, 5) is 35.4. The Bertz CT molecular complexity index is 1170. The average molecular weight is 453 g/mol. The molecule has 3 rings (SSSR count). The Balaban J connectivity index is 1.73. The van der Waals surface area contributed by atoms with E-state index in [9.17, 15) is 19.7 Å². The van der Waals surface area contributed by atoms with Gasteiger partial charge >= 0.3 is 5.97 Å². The third-order valence-corrected chi connectivity index (χ3v) is 5.09. The Labute approximate surface area is 187 Å². The number of hydrazone groups is 1. The minimum absolute atomic E-state index is 0.0774. The van der Waals surface area contributed by atoms with Gasteiger partial charge in [-0.2, -0.15) is 5.10 Å². The quantitative estimate of drug-likeness (QED) is 0.178. The summed E-state index contributed by atoms with van der Waals surface area (Å²) in [5.74, 6) is -0.487. The molecule has 1 amide bonds. The summed E-state index contributed by atoms with van der Waals surface area (Å²) in [6.07, 6.45) is 1.44. The van der Waals surface area contributed by atoms with Gasteiger partial charge in [0.05, 0.1) is 28.2 Å². The molecular weight excluding hydrogens is 434 g/mol. The molecule has 0 aliphatic heterocycles. The predicted octanol–water partition coefficient (Wildman–Crippen LogP) is 4.35. The Kier molecular flexibility index (Phi) is 7.29. The highest BCUT2D eigenvalue weighted by atomic mass is 32.1. The minimum Gasteiger partial charge on any atom is -0.490 e. The molecule has 2 aromatic carbocycles. The molecule has 0 atom stereocenters. The number of esters is 1. The highest BCUT2D eigenvalue weighted by molar-refractivity contribution is 7.12. The predicted molar refractivity (Wildman–Crippen MR) is 120 cm³/mol. The van der Waals surface area contributed by atoms with Crippen LogP contribution in [-0.4, -0.2) is 29.6 Å². The Morgan fingerprint density at radius 3 is 2.66 bits per heavy atom. The molecule has 0 unspecified atom stereocenters. The first-order valence-corrected chi connectivity index (χ1v) is 10.4. The topological polar surface area (TPSA) is 120 Å². The average Bonchev–Trinajstić information content (AvgIpc) is 3.30. The van der Waals surface area contributed by atoms with Crippen molar-refractivity contribution in [3.8, 4) is 11.5 Å². The minimum atomic E-state index is -0.673. The third-order valence-electron chi connectivity index (χ3n) is 4.22. The van der Waals surface area contributed by atoms with Crippen molar-refractivity contribution in [2.75, 3.05) is 6.61 Å². The van der Waals surface area contributed by atoms with Crippen LogP contribution in [0.2, 0.25) is 0 Å². The number of hydrogen-bond acceptors (Lipinski definition) is 8. The fraction of sp³-hybridized carbons (Fsp3) is 0.136. The molecule has 0 radical (unpaired) electrons. The van der Waals surface area contributed by atoms with Gasteiger partial charge in [0.2, 0.25) is 0 Å². The van der Waals surface area contributed by atoms with Gasteiger partial charge in [0, 0.05) is 11.6 Å². The lowest BCUT2D eigenvalue weighted by Gasteiger charge is -2.11. The van der Waals surface area contributed by atoms with E-state index in [1.165, 1.54) is 35.8 Å². The second kappa shape index (κ2) is 10.3. The number of aryl methyl sites for hydroxylation is 1. The van der Waals surface area contributed by atoms with Crippen LogP contribution < -0.4 is 14.9 Å². The van der Waals surface area contributed by atoms with Crippen molar-refractivity contribution in [1.29, 1.82) is 0 Å². The van der Waals surface area contributed by atoms with Gasteiger partial charge in [0.1, 0.15) is 0 Å². The van der Waals surface area contributed by atoms with E-state index < -0.39 is 10.9 Å². The maximum atomic E-state index is 12.5. The van der Waals surface area contributed by atoms with Crippen molar-refractivity contribution >= 4 is 35.1 Å². The fourth-order valence-electron chi connectivity index (χ4n) is 2.73. The lowest BCUT2D eigenvalue weighted by Crippen LogP contribution is -2.16. The molecular formula is C22H19N3O6S. The second-order valence-corrected chi connectivity index (χ2v) is 7.41. The first-order chi connectivity index (χ1) is 15.4. The van der Waals surface area contributed by atoms with Gasteiger partial charge in [-0.1, -0.05) is 6.07 Å². The molecule has 1 heterocycles. The van der Waals surface area contributed by atoms with E-state index in [0.29, 0.717) is 28.4 Å². The number of carbonyl (C=O) groups is 2. The number of nitrogens with one attached hydrogen (secondary N) is 1. The van der Waals surface area contributed by atoms with E-state index in [1.807, 2.05) is 0 Å². The molecule has 0 spiro atoms. The zero-order valence-electron chi connectivity index (χ0n) is 17.2. The van der Waals surface area contributed by atoms with Gasteiger partial charge in [-0.25, -0.2) is 10.2 Å². The normalized spacial score (nSPS) is 10.7. The molecule has 32 heavy (non-hydrogen) atoms. The molecule has 1 aromatic heterocycles. The number of nitro benzene ring substituents is 1. The van der Waals surface area contributed by atoms with Crippen LogP contribution in [0.25, 0.3) is 0 Å². The van der Waals surface area contributed by atoms with E-state index in [0.717, 1.165) is 0 Å². The van der Waals surface area contributed by atoms with E-state index in [2.05, 4.69) is 10.5 Å². The lowest BCUT2D eigenvalue weighted by atomic mass is 10.1. The standard InChI is InChI=1S/C22H19N3O6S/c1-3-30-19-12-15(13-23-24-21(26)20-5-4-10-32-20)6-9-18(19)31-22(27)16-7-8-17(25(28)29)14(2)11-16/h4-13H,3H2,1-2H3,(H,24,26)/b23-13-. The first-order valence-electron chi connectivity index (χ1n) is 9.50. The van der Waals surface area contributed by atoms with Crippen molar-refractivity contribution < 1.29 is 24.0 Å². The Morgan fingerprint density at radius 2 is 2.00 bits per heavy atom. The van der Waals surface area contributed by atoms with Gasteiger partial charge in [-0.05, 0) is 61.2 Å². The van der Waals surface area contributed by atoms with Crippen LogP contribution in [0.3, 0.4) is 0 Å². The van der Waals surface area contributed by atoms with E-state index in [4.69, 9.17) is 9.47 Å². The maximum Gasteiger partial charge on any atom is 0.343 e. The number of thiophene rings is 1. The number of amides is 1. The smallest absolute Gasteiger partial charge is 0.343 e. The summed E-state index contributed by atoms with van der Waals surface area (Å²) in [6.45, 7) is 3.66. The summed E-state index contributed by atoms with van der Waals surface area (Å²) >= 11 is 1.31. The van der Waals surface area contributed by atoms with Crippen LogP contribution in [0.4, 0.5) is 5.69 Å². The summed E-state index contributed by atoms with van der Waals surface area (Å²) in [5.41, 5.74) is 3.51. The van der Waals surface area contributed by atoms with Crippen LogP contribution in [0.1, 0.15) is 38.1 Å². The van der Waals surface area contributed by atoms with E-state index in [1.54, 1.807) is 49.6 Å². The number of rotatable bonds is 8. The molecule has 0 bridgehead atoms. The van der Waals surface area contributed by atoms with Crippen LogP contribution in [0.5, 0.6) is 11.5 Å². The van der Waals surface area contributed by atoms with Gasteiger partial charge in [0.25, 0.3) is 11.6 Å². The molecule has 0 saturated carbocycles. The summed E-state index contributed by atoms with van der Waals surface area (Å²) < 4.78 is 11.0. The first kappa shape index (κ1) is 22.6. The highest BCUT2D eigenvalue weighted by Crippen LogP contribution is 2.29. The van der Waals surface area contributed by atoms with E-state index >= 15 is 0 Å². The van der Waals surface area contributed by atoms with Crippen LogP contribution in [-0.2, 0) is 0 Å². The highest BCUT2D eigenvalue weighted by Gasteiger charge is 2.17. The largest absolute Gasteiger partial charge is 0.490 e. The molecule has 0 saturated heterocycles.